The minimum atomic E-state index is -0.267. The van der Waals surface area contributed by atoms with Crippen LogP contribution in [0.25, 0.3) is 0 Å². The number of amides is 1. The van der Waals surface area contributed by atoms with E-state index in [4.69, 9.17) is 4.99 Å². The van der Waals surface area contributed by atoms with Crippen molar-refractivity contribution < 1.29 is 4.79 Å². The maximum Gasteiger partial charge on any atom is 0.230 e. The van der Waals surface area contributed by atoms with E-state index in [0.717, 1.165) is 63.1 Å². The molecule has 3 rings (SSSR count). The van der Waals surface area contributed by atoms with Gasteiger partial charge < -0.3 is 15.1 Å². The zero-order valence-corrected chi connectivity index (χ0v) is 19.1. The Balaban J connectivity index is 0.00000243. The number of rotatable bonds is 4. The molecule has 3 aliphatic rings. The van der Waals surface area contributed by atoms with Gasteiger partial charge in [0.1, 0.15) is 0 Å². The fourth-order valence-electron chi connectivity index (χ4n) is 5.20. The van der Waals surface area contributed by atoms with Crippen LogP contribution in [0, 0.1) is 17.3 Å². The maximum absolute atomic E-state index is 12.8. The van der Waals surface area contributed by atoms with E-state index in [2.05, 4.69) is 17.1 Å². The SMILES string of the molecule is CCNC(=NCC1(C(=O)N(C)C)CCCC1)N1CC2CCCCC2C1.I. The summed E-state index contributed by atoms with van der Waals surface area (Å²) in [6.07, 6.45) is 9.81. The van der Waals surface area contributed by atoms with Crippen LogP contribution in [0.1, 0.15) is 58.3 Å². The van der Waals surface area contributed by atoms with Gasteiger partial charge >= 0.3 is 0 Å². The second-order valence-corrected chi connectivity index (χ2v) is 8.57. The first-order chi connectivity index (χ1) is 12.1. The van der Waals surface area contributed by atoms with Gasteiger partial charge in [-0.25, -0.2) is 0 Å². The van der Waals surface area contributed by atoms with Crippen molar-refractivity contribution in [3.8, 4) is 0 Å². The Morgan fingerprint density at radius 1 is 1.12 bits per heavy atom. The van der Waals surface area contributed by atoms with Crippen LogP contribution in [0.3, 0.4) is 0 Å². The molecule has 5 nitrogen and oxygen atoms in total. The second-order valence-electron chi connectivity index (χ2n) is 8.57. The van der Waals surface area contributed by atoms with Crippen molar-refractivity contribution in [3.05, 3.63) is 0 Å². The molecule has 0 aromatic heterocycles. The average molecular weight is 476 g/mol. The van der Waals surface area contributed by atoms with E-state index >= 15 is 0 Å². The molecule has 0 radical (unpaired) electrons. The summed E-state index contributed by atoms with van der Waals surface area (Å²) in [5, 5.41) is 3.49. The highest BCUT2D eigenvalue weighted by atomic mass is 127. The van der Waals surface area contributed by atoms with Gasteiger partial charge in [-0.05, 0) is 44.4 Å². The summed E-state index contributed by atoms with van der Waals surface area (Å²) in [6, 6.07) is 0. The van der Waals surface area contributed by atoms with Gasteiger partial charge in [-0.1, -0.05) is 25.7 Å². The molecule has 1 saturated heterocycles. The number of aliphatic imine (C=N–C) groups is 1. The summed E-state index contributed by atoms with van der Waals surface area (Å²) < 4.78 is 0. The molecule has 2 saturated carbocycles. The van der Waals surface area contributed by atoms with Crippen LogP contribution < -0.4 is 5.32 Å². The Bertz CT molecular complexity index is 488. The van der Waals surface area contributed by atoms with Gasteiger partial charge in [0.25, 0.3) is 0 Å². The number of hydrogen-bond donors (Lipinski definition) is 1. The first kappa shape index (κ1) is 21.8. The Morgan fingerprint density at radius 2 is 1.69 bits per heavy atom. The van der Waals surface area contributed by atoms with Gasteiger partial charge in [0.15, 0.2) is 5.96 Å². The summed E-state index contributed by atoms with van der Waals surface area (Å²) >= 11 is 0. The standard InChI is InChI=1S/C20H36N4O.HI/c1-4-21-19(24-13-16-9-5-6-10-17(16)14-24)22-15-20(11-7-8-12-20)18(25)23(2)3;/h16-17H,4-15H2,1-3H3,(H,21,22);1H. The third-order valence-corrected chi connectivity index (χ3v) is 6.56. The van der Waals surface area contributed by atoms with Crippen molar-refractivity contribution in [1.29, 1.82) is 0 Å². The lowest BCUT2D eigenvalue weighted by atomic mass is 9.82. The zero-order valence-electron chi connectivity index (χ0n) is 16.8. The number of nitrogens with one attached hydrogen (secondary N) is 1. The number of carbonyl (C=O) groups is 1. The first-order valence-corrected chi connectivity index (χ1v) is 10.3. The van der Waals surface area contributed by atoms with Crippen molar-refractivity contribution in [2.24, 2.45) is 22.2 Å². The van der Waals surface area contributed by atoms with Crippen LogP contribution in [-0.4, -0.2) is 61.9 Å². The van der Waals surface area contributed by atoms with Crippen LogP contribution in [0.2, 0.25) is 0 Å². The second kappa shape index (κ2) is 9.60. The molecule has 2 atom stereocenters. The lowest BCUT2D eigenvalue weighted by Crippen LogP contribution is -2.44. The van der Waals surface area contributed by atoms with Gasteiger partial charge in [0.2, 0.25) is 5.91 Å². The van der Waals surface area contributed by atoms with Crippen LogP contribution in [-0.2, 0) is 4.79 Å². The van der Waals surface area contributed by atoms with Crippen molar-refractivity contribution >= 4 is 35.8 Å². The molecule has 3 fully saturated rings. The van der Waals surface area contributed by atoms with E-state index < -0.39 is 0 Å². The van der Waals surface area contributed by atoms with E-state index in [1.54, 1.807) is 4.90 Å². The normalized spacial score (nSPS) is 27.7. The lowest BCUT2D eigenvalue weighted by Gasteiger charge is -2.30. The fraction of sp³-hybridized carbons (Fsp3) is 0.900. The monoisotopic (exact) mass is 476 g/mol. The van der Waals surface area contributed by atoms with Crippen LogP contribution in [0.15, 0.2) is 4.99 Å². The molecule has 2 aliphatic carbocycles. The van der Waals surface area contributed by atoms with Crippen molar-refractivity contribution in [3.63, 3.8) is 0 Å². The Morgan fingerprint density at radius 3 is 2.19 bits per heavy atom. The van der Waals surface area contributed by atoms with E-state index in [1.165, 1.54) is 25.7 Å². The Kier molecular flexibility index (Phi) is 8.04. The molecule has 0 spiro atoms. The largest absolute Gasteiger partial charge is 0.357 e. The summed E-state index contributed by atoms with van der Waals surface area (Å²) in [4.78, 5) is 22.0. The molecular weight excluding hydrogens is 439 g/mol. The minimum absolute atomic E-state index is 0. The van der Waals surface area contributed by atoms with Gasteiger partial charge in [-0.2, -0.15) is 0 Å². The summed E-state index contributed by atoms with van der Waals surface area (Å²) in [6.45, 7) is 5.95. The van der Waals surface area contributed by atoms with Crippen LogP contribution in [0.4, 0.5) is 0 Å². The highest BCUT2D eigenvalue weighted by molar-refractivity contribution is 14.0. The molecular formula is C20H37IN4O. The van der Waals surface area contributed by atoms with E-state index in [0.29, 0.717) is 6.54 Å². The number of hydrogen-bond acceptors (Lipinski definition) is 2. The predicted octanol–water partition coefficient (Wildman–Crippen LogP) is 3.34. The number of halogens is 1. The molecule has 150 valence electrons. The Hall–Kier alpha value is -0.530. The van der Waals surface area contributed by atoms with Crippen molar-refractivity contribution in [2.75, 3.05) is 40.3 Å². The number of likely N-dealkylation sites (tertiary alicyclic amines) is 1. The van der Waals surface area contributed by atoms with Gasteiger partial charge in [0.05, 0.1) is 12.0 Å². The molecule has 0 aromatic carbocycles. The third kappa shape index (κ3) is 4.65. The maximum atomic E-state index is 12.8. The third-order valence-electron chi connectivity index (χ3n) is 6.56. The highest BCUT2D eigenvalue weighted by Gasteiger charge is 2.42. The predicted molar refractivity (Wildman–Crippen MR) is 118 cm³/mol. The van der Waals surface area contributed by atoms with Crippen molar-refractivity contribution in [1.82, 2.24) is 15.1 Å². The van der Waals surface area contributed by atoms with Gasteiger partial charge in [0, 0.05) is 33.7 Å². The summed E-state index contributed by atoms with van der Waals surface area (Å²) in [7, 11) is 3.75. The molecule has 1 heterocycles. The first-order valence-electron chi connectivity index (χ1n) is 10.3. The van der Waals surface area contributed by atoms with Gasteiger partial charge in [-0.3, -0.25) is 9.79 Å². The molecule has 2 unspecified atom stereocenters. The molecule has 0 bridgehead atoms. The number of carbonyl (C=O) groups excluding carboxylic acids is 1. The minimum Gasteiger partial charge on any atom is -0.357 e. The van der Waals surface area contributed by atoms with E-state index in [1.807, 2.05) is 14.1 Å². The number of fused-ring (bicyclic) bond motifs is 1. The zero-order chi connectivity index (χ0) is 17.9. The topological polar surface area (TPSA) is 47.9 Å². The molecule has 1 aliphatic heterocycles. The molecule has 26 heavy (non-hydrogen) atoms. The Labute approximate surface area is 176 Å². The van der Waals surface area contributed by atoms with Gasteiger partial charge in [-0.15, -0.1) is 24.0 Å². The molecule has 1 N–H and O–H groups in total. The average Bonchev–Trinajstić information content (AvgIpc) is 3.25. The quantitative estimate of drug-likeness (QED) is 0.385. The number of nitrogens with zero attached hydrogens (tertiary/aromatic N) is 3. The summed E-state index contributed by atoms with van der Waals surface area (Å²) in [5.41, 5.74) is -0.267. The highest BCUT2D eigenvalue weighted by Crippen LogP contribution is 2.40. The van der Waals surface area contributed by atoms with E-state index in [-0.39, 0.29) is 35.3 Å². The van der Waals surface area contributed by atoms with E-state index in [9.17, 15) is 4.79 Å². The molecule has 6 heteroatoms. The smallest absolute Gasteiger partial charge is 0.230 e. The molecule has 0 aromatic rings. The summed E-state index contributed by atoms with van der Waals surface area (Å²) in [5.74, 6) is 3.00. The number of guanidine groups is 1. The lowest BCUT2D eigenvalue weighted by molar-refractivity contribution is -0.138. The fourth-order valence-corrected chi connectivity index (χ4v) is 5.20. The molecule has 1 amide bonds. The van der Waals surface area contributed by atoms with Crippen molar-refractivity contribution in [2.45, 2.75) is 58.3 Å². The van der Waals surface area contributed by atoms with Crippen LogP contribution in [0.5, 0.6) is 0 Å². The van der Waals surface area contributed by atoms with Crippen LogP contribution >= 0.6 is 24.0 Å².